The molecule has 1 saturated heterocycles. The number of ether oxygens (including phenoxy) is 1. The summed E-state index contributed by atoms with van der Waals surface area (Å²) in [6, 6.07) is 8.30. The van der Waals surface area contributed by atoms with Gasteiger partial charge >= 0.3 is 12.1 Å². The molecule has 1 fully saturated rings. The molecule has 7 heteroatoms. The third-order valence-electron chi connectivity index (χ3n) is 4.89. The van der Waals surface area contributed by atoms with E-state index in [1.807, 2.05) is 19.3 Å². The van der Waals surface area contributed by atoms with E-state index in [0.717, 1.165) is 36.5 Å². The van der Waals surface area contributed by atoms with Gasteiger partial charge in [-0.25, -0.2) is 9.79 Å². The number of alkyl halides is 3. The molecule has 3 rings (SSSR count). The van der Waals surface area contributed by atoms with Crippen LogP contribution in [0.3, 0.4) is 0 Å². The summed E-state index contributed by atoms with van der Waals surface area (Å²) in [6.07, 6.45) is -0.263. The molecule has 154 valence electrons. The number of hydrogen-bond donors (Lipinski definition) is 0. The van der Waals surface area contributed by atoms with Crippen LogP contribution in [0.15, 0.2) is 41.4 Å². The first-order chi connectivity index (χ1) is 13.7. The van der Waals surface area contributed by atoms with Crippen LogP contribution in [0.5, 0.6) is 0 Å². The molecule has 0 bridgehead atoms. The Bertz CT molecular complexity index is 917. The highest BCUT2D eigenvalue weighted by Crippen LogP contribution is 2.30. The van der Waals surface area contributed by atoms with Gasteiger partial charge in [-0.05, 0) is 67.6 Å². The van der Waals surface area contributed by atoms with E-state index in [2.05, 4.69) is 9.89 Å². The highest BCUT2D eigenvalue weighted by Gasteiger charge is 2.30. The fourth-order valence-electron chi connectivity index (χ4n) is 3.22. The summed E-state index contributed by atoms with van der Waals surface area (Å²) < 4.78 is 43.7. The zero-order valence-electron chi connectivity index (χ0n) is 16.4. The normalized spacial score (nSPS) is 14.6. The summed E-state index contributed by atoms with van der Waals surface area (Å²) >= 11 is 0. The highest BCUT2D eigenvalue weighted by molar-refractivity contribution is 5.92. The molecule has 1 aliphatic heterocycles. The molecule has 1 aliphatic rings. The number of nitrogens with zero attached hydrogens (tertiary/aromatic N) is 2. The SMILES string of the molecule is Cc1cc(C(=O)OCc2cccc(C(F)(F)F)c2)c(C)cc1/N=C/N1CCCC1. The molecule has 0 aliphatic carbocycles. The van der Waals surface area contributed by atoms with Crippen molar-refractivity contribution in [1.82, 2.24) is 4.90 Å². The van der Waals surface area contributed by atoms with Crippen molar-refractivity contribution < 1.29 is 22.7 Å². The van der Waals surface area contributed by atoms with Crippen LogP contribution in [0.25, 0.3) is 0 Å². The summed E-state index contributed by atoms with van der Waals surface area (Å²) in [4.78, 5) is 19.1. The molecule has 0 saturated carbocycles. The van der Waals surface area contributed by atoms with E-state index in [1.54, 1.807) is 13.0 Å². The second-order valence-electron chi connectivity index (χ2n) is 7.22. The number of rotatable bonds is 5. The number of carbonyl (C=O) groups excluding carboxylic acids is 1. The van der Waals surface area contributed by atoms with Crippen LogP contribution in [0.4, 0.5) is 18.9 Å². The van der Waals surface area contributed by atoms with Gasteiger partial charge in [0.1, 0.15) is 6.61 Å². The van der Waals surface area contributed by atoms with Crippen LogP contribution in [0.1, 0.15) is 45.5 Å². The van der Waals surface area contributed by atoms with Crippen molar-refractivity contribution in [3.63, 3.8) is 0 Å². The summed E-state index contributed by atoms with van der Waals surface area (Å²) in [7, 11) is 0. The lowest BCUT2D eigenvalue weighted by atomic mass is 10.0. The topological polar surface area (TPSA) is 41.9 Å². The van der Waals surface area contributed by atoms with Gasteiger partial charge in [0, 0.05) is 13.1 Å². The van der Waals surface area contributed by atoms with Gasteiger partial charge in [0.15, 0.2) is 0 Å². The Balaban J connectivity index is 1.68. The lowest BCUT2D eigenvalue weighted by molar-refractivity contribution is -0.137. The lowest BCUT2D eigenvalue weighted by Crippen LogP contribution is -2.16. The van der Waals surface area contributed by atoms with Gasteiger partial charge in [0.2, 0.25) is 0 Å². The van der Waals surface area contributed by atoms with Crippen LogP contribution in [0, 0.1) is 13.8 Å². The minimum atomic E-state index is -4.43. The van der Waals surface area contributed by atoms with Crippen LogP contribution >= 0.6 is 0 Å². The van der Waals surface area contributed by atoms with Crippen LogP contribution in [-0.4, -0.2) is 30.3 Å². The minimum Gasteiger partial charge on any atom is -0.457 e. The van der Waals surface area contributed by atoms with E-state index in [-0.39, 0.29) is 12.2 Å². The molecule has 2 aromatic rings. The summed E-state index contributed by atoms with van der Waals surface area (Å²) in [5, 5.41) is 0. The average molecular weight is 404 g/mol. The standard InChI is InChI=1S/C22H23F3N2O2/c1-15-11-20(26-14-27-8-3-4-9-27)16(2)10-19(15)21(28)29-13-17-6-5-7-18(12-17)22(23,24)25/h5-7,10-12,14H,3-4,8-9,13H2,1-2H3/b26-14+. The van der Waals surface area contributed by atoms with Gasteiger partial charge < -0.3 is 9.64 Å². The van der Waals surface area contributed by atoms with Gasteiger partial charge in [-0.3, -0.25) is 0 Å². The molecule has 29 heavy (non-hydrogen) atoms. The van der Waals surface area contributed by atoms with Crippen LogP contribution in [0.2, 0.25) is 0 Å². The van der Waals surface area contributed by atoms with Gasteiger partial charge in [0.25, 0.3) is 0 Å². The summed E-state index contributed by atoms with van der Waals surface area (Å²) in [5.41, 5.74) is 2.22. The van der Waals surface area contributed by atoms with E-state index in [4.69, 9.17) is 4.74 Å². The smallest absolute Gasteiger partial charge is 0.416 e. The molecule has 0 atom stereocenters. The maximum Gasteiger partial charge on any atom is 0.416 e. The molecular formula is C22H23F3N2O2. The van der Waals surface area contributed by atoms with E-state index in [0.29, 0.717) is 11.1 Å². The zero-order chi connectivity index (χ0) is 21.0. The lowest BCUT2D eigenvalue weighted by Gasteiger charge is -2.12. The molecule has 0 amide bonds. The first kappa shape index (κ1) is 20.9. The van der Waals surface area contributed by atoms with Gasteiger partial charge in [-0.15, -0.1) is 0 Å². The Kier molecular flexibility index (Phi) is 6.25. The van der Waals surface area contributed by atoms with Gasteiger partial charge in [-0.1, -0.05) is 12.1 Å². The maximum absolute atomic E-state index is 12.8. The molecule has 4 nitrogen and oxygen atoms in total. The Morgan fingerprint density at radius 2 is 1.86 bits per heavy atom. The van der Waals surface area contributed by atoms with Crippen molar-refractivity contribution in [2.24, 2.45) is 4.99 Å². The Labute approximate surface area is 168 Å². The Morgan fingerprint density at radius 1 is 1.14 bits per heavy atom. The van der Waals surface area contributed by atoms with Crippen molar-refractivity contribution in [1.29, 1.82) is 0 Å². The van der Waals surface area contributed by atoms with Crippen molar-refractivity contribution in [3.05, 3.63) is 64.2 Å². The summed E-state index contributed by atoms with van der Waals surface area (Å²) in [5.74, 6) is -0.571. The highest BCUT2D eigenvalue weighted by atomic mass is 19.4. The number of aryl methyl sites for hydroxylation is 2. The van der Waals surface area contributed by atoms with Crippen LogP contribution < -0.4 is 0 Å². The quantitative estimate of drug-likeness (QED) is 0.379. The number of hydrogen-bond acceptors (Lipinski definition) is 3. The second-order valence-corrected chi connectivity index (χ2v) is 7.22. The van der Waals surface area contributed by atoms with E-state index in [9.17, 15) is 18.0 Å². The number of halogens is 3. The van der Waals surface area contributed by atoms with E-state index < -0.39 is 17.7 Å². The molecule has 0 aromatic heterocycles. The Hall–Kier alpha value is -2.83. The molecule has 0 radical (unpaired) electrons. The maximum atomic E-state index is 12.8. The zero-order valence-corrected chi connectivity index (χ0v) is 16.4. The number of esters is 1. The molecule has 2 aromatic carbocycles. The predicted molar refractivity (Wildman–Crippen MR) is 105 cm³/mol. The summed E-state index contributed by atoms with van der Waals surface area (Å²) in [6.45, 7) is 5.42. The average Bonchev–Trinajstić information content (AvgIpc) is 3.19. The first-order valence-corrected chi connectivity index (χ1v) is 9.47. The van der Waals surface area contributed by atoms with Crippen molar-refractivity contribution in [2.75, 3.05) is 13.1 Å². The molecular weight excluding hydrogens is 381 g/mol. The van der Waals surface area contributed by atoms with Gasteiger partial charge in [0.05, 0.1) is 23.2 Å². The first-order valence-electron chi connectivity index (χ1n) is 9.47. The molecule has 1 heterocycles. The fourth-order valence-corrected chi connectivity index (χ4v) is 3.22. The van der Waals surface area contributed by atoms with Crippen molar-refractivity contribution in [2.45, 2.75) is 39.5 Å². The van der Waals surface area contributed by atoms with Crippen molar-refractivity contribution in [3.8, 4) is 0 Å². The van der Waals surface area contributed by atoms with Gasteiger partial charge in [-0.2, -0.15) is 13.2 Å². The third kappa shape index (κ3) is 5.37. The monoisotopic (exact) mass is 404 g/mol. The number of likely N-dealkylation sites (tertiary alicyclic amines) is 1. The minimum absolute atomic E-state index is 0.226. The second kappa shape index (κ2) is 8.68. The van der Waals surface area contributed by atoms with Crippen LogP contribution in [-0.2, 0) is 17.5 Å². The number of carbonyl (C=O) groups is 1. The van der Waals surface area contributed by atoms with Crippen molar-refractivity contribution >= 4 is 18.0 Å². The largest absolute Gasteiger partial charge is 0.457 e. The predicted octanol–water partition coefficient (Wildman–Crippen LogP) is 5.43. The molecule has 0 spiro atoms. The number of benzene rings is 2. The number of aliphatic imine (C=N–C) groups is 1. The Morgan fingerprint density at radius 3 is 2.55 bits per heavy atom. The fraction of sp³-hybridized carbons (Fsp3) is 0.364. The van der Waals surface area contributed by atoms with E-state index in [1.165, 1.54) is 25.0 Å². The molecule has 0 unspecified atom stereocenters. The van der Waals surface area contributed by atoms with E-state index >= 15 is 0 Å². The third-order valence-corrected chi connectivity index (χ3v) is 4.89. The molecule has 0 N–H and O–H groups in total.